The lowest BCUT2D eigenvalue weighted by Gasteiger charge is -2.12. The lowest BCUT2D eigenvalue weighted by Crippen LogP contribution is -2.13. The van der Waals surface area contributed by atoms with Crippen LogP contribution in [-0.4, -0.2) is 17.6 Å². The molecule has 0 aliphatic carbocycles. The SMILES string of the molecule is NSc1cc(SN)c(NC(=O)CCCCO[N+](=O)[O-])cc1Cl. The number of amides is 1. The number of halogens is 1. The van der Waals surface area contributed by atoms with E-state index in [0.29, 0.717) is 33.3 Å². The van der Waals surface area contributed by atoms with Gasteiger partial charge in [-0.2, -0.15) is 0 Å². The second kappa shape index (κ2) is 9.74. The maximum atomic E-state index is 11.8. The van der Waals surface area contributed by atoms with E-state index in [0.717, 1.165) is 23.9 Å². The van der Waals surface area contributed by atoms with Crippen LogP contribution < -0.4 is 15.6 Å². The van der Waals surface area contributed by atoms with Gasteiger partial charge in [0.15, 0.2) is 0 Å². The molecule has 0 spiro atoms. The van der Waals surface area contributed by atoms with Gasteiger partial charge in [0.05, 0.1) is 17.3 Å². The molecule has 5 N–H and O–H groups in total. The van der Waals surface area contributed by atoms with Crippen LogP contribution in [0.2, 0.25) is 5.02 Å². The number of nitrogens with one attached hydrogen (secondary N) is 1. The highest BCUT2D eigenvalue weighted by molar-refractivity contribution is 7.98. The minimum Gasteiger partial charge on any atom is -0.325 e. The number of rotatable bonds is 9. The van der Waals surface area contributed by atoms with Crippen molar-refractivity contribution < 1.29 is 14.7 Å². The number of carbonyl (C=O) groups is 1. The molecule has 0 aliphatic heterocycles. The molecule has 0 saturated heterocycles. The molecule has 122 valence electrons. The molecule has 1 aromatic rings. The lowest BCUT2D eigenvalue weighted by molar-refractivity contribution is -0.757. The normalized spacial score (nSPS) is 10.3. The van der Waals surface area contributed by atoms with Gasteiger partial charge in [-0.15, -0.1) is 10.1 Å². The van der Waals surface area contributed by atoms with Gasteiger partial charge in [0, 0.05) is 16.2 Å². The molecule has 11 heteroatoms. The average Bonchev–Trinajstić information content (AvgIpc) is 2.47. The Morgan fingerprint density at radius 1 is 1.32 bits per heavy atom. The molecule has 0 fully saturated rings. The van der Waals surface area contributed by atoms with Crippen LogP contribution in [0.25, 0.3) is 0 Å². The van der Waals surface area contributed by atoms with Crippen molar-refractivity contribution in [3.63, 3.8) is 0 Å². The van der Waals surface area contributed by atoms with Gasteiger partial charge in [-0.1, -0.05) is 11.6 Å². The zero-order valence-corrected chi connectivity index (χ0v) is 13.8. The van der Waals surface area contributed by atoms with Gasteiger partial charge in [-0.05, 0) is 48.9 Å². The zero-order valence-electron chi connectivity index (χ0n) is 11.4. The second-order valence-electron chi connectivity index (χ2n) is 4.08. The van der Waals surface area contributed by atoms with Crippen molar-refractivity contribution in [2.45, 2.75) is 29.1 Å². The third-order valence-corrected chi connectivity index (χ3v) is 4.17. The van der Waals surface area contributed by atoms with Crippen molar-refractivity contribution >= 4 is 47.1 Å². The van der Waals surface area contributed by atoms with Crippen molar-refractivity contribution in [3.05, 3.63) is 27.3 Å². The van der Waals surface area contributed by atoms with Crippen molar-refractivity contribution in [1.82, 2.24) is 0 Å². The van der Waals surface area contributed by atoms with E-state index in [-0.39, 0.29) is 18.9 Å². The minimum atomic E-state index is -0.857. The Hall–Kier alpha value is -1.20. The predicted molar refractivity (Wildman–Crippen MR) is 87.0 cm³/mol. The van der Waals surface area contributed by atoms with E-state index in [1.807, 2.05) is 0 Å². The molecule has 0 unspecified atom stereocenters. The molecule has 1 aromatic carbocycles. The summed E-state index contributed by atoms with van der Waals surface area (Å²) in [5, 5.41) is 23.3. The fourth-order valence-electron chi connectivity index (χ4n) is 1.56. The predicted octanol–water partition coefficient (Wildman–Crippen LogP) is 2.59. The molecule has 8 nitrogen and oxygen atoms in total. The third-order valence-electron chi connectivity index (χ3n) is 2.56. The first-order chi connectivity index (χ1) is 10.5. The van der Waals surface area contributed by atoms with Crippen LogP contribution in [0.5, 0.6) is 0 Å². The van der Waals surface area contributed by atoms with Crippen LogP contribution in [0.4, 0.5) is 5.69 Å². The number of nitrogens with two attached hydrogens (primary N) is 2. The van der Waals surface area contributed by atoms with E-state index in [4.69, 9.17) is 21.9 Å². The number of unbranched alkanes of at least 4 members (excludes halogenated alkanes) is 1. The third kappa shape index (κ3) is 6.28. The molecule has 0 aromatic heterocycles. The summed E-state index contributed by atoms with van der Waals surface area (Å²) in [6, 6.07) is 3.28. The Balaban J connectivity index is 2.53. The minimum absolute atomic E-state index is 0.0293. The Bertz CT molecular complexity index is 547. The first kappa shape index (κ1) is 18.8. The molecule has 22 heavy (non-hydrogen) atoms. The Morgan fingerprint density at radius 2 is 2.00 bits per heavy atom. The highest BCUT2D eigenvalue weighted by Crippen LogP contribution is 2.34. The van der Waals surface area contributed by atoms with Crippen molar-refractivity contribution in [3.8, 4) is 0 Å². The fraction of sp³-hybridized carbons (Fsp3) is 0.364. The quantitative estimate of drug-likeness (QED) is 0.263. The lowest BCUT2D eigenvalue weighted by atomic mass is 10.2. The van der Waals surface area contributed by atoms with E-state index < -0.39 is 5.09 Å². The van der Waals surface area contributed by atoms with E-state index in [1.165, 1.54) is 0 Å². The summed E-state index contributed by atoms with van der Waals surface area (Å²) < 4.78 is 0. The monoisotopic (exact) mass is 366 g/mol. The van der Waals surface area contributed by atoms with E-state index >= 15 is 0 Å². The summed E-state index contributed by atoms with van der Waals surface area (Å²) in [5.41, 5.74) is 0.502. The van der Waals surface area contributed by atoms with Gasteiger partial charge in [-0.3, -0.25) is 15.1 Å². The summed E-state index contributed by atoms with van der Waals surface area (Å²) in [4.78, 5) is 27.3. The molecule has 1 amide bonds. The topological polar surface area (TPSA) is 134 Å². The van der Waals surface area contributed by atoms with Crippen LogP contribution in [0.3, 0.4) is 0 Å². The Labute approximate surface area is 140 Å². The fourth-order valence-corrected chi connectivity index (χ4v) is 2.71. The van der Waals surface area contributed by atoms with Crippen LogP contribution in [0.15, 0.2) is 21.9 Å². The molecule has 0 bridgehead atoms. The van der Waals surface area contributed by atoms with Crippen LogP contribution in [0, 0.1) is 10.1 Å². The van der Waals surface area contributed by atoms with Gasteiger partial charge in [-0.25, -0.2) is 0 Å². The van der Waals surface area contributed by atoms with Crippen molar-refractivity contribution in [2.75, 3.05) is 11.9 Å². The van der Waals surface area contributed by atoms with E-state index in [2.05, 4.69) is 10.2 Å². The zero-order chi connectivity index (χ0) is 16.5. The van der Waals surface area contributed by atoms with Crippen LogP contribution in [-0.2, 0) is 9.63 Å². The summed E-state index contributed by atoms with van der Waals surface area (Å²) in [7, 11) is 0. The Morgan fingerprint density at radius 3 is 2.59 bits per heavy atom. The average molecular weight is 367 g/mol. The standard InChI is InChI=1S/C11H15ClN4O4S2/c12-7-5-8(10(22-14)6-9(7)21-13)15-11(17)3-1-2-4-20-16(18)19/h5-6H,1-4,13-14H2,(H,15,17). The molecular weight excluding hydrogens is 352 g/mol. The first-order valence-electron chi connectivity index (χ1n) is 6.12. The molecule has 0 heterocycles. The maximum absolute atomic E-state index is 11.8. The molecule has 0 radical (unpaired) electrons. The van der Waals surface area contributed by atoms with Crippen molar-refractivity contribution in [2.24, 2.45) is 10.3 Å². The highest BCUT2D eigenvalue weighted by atomic mass is 35.5. The number of hydrogen-bond donors (Lipinski definition) is 3. The van der Waals surface area contributed by atoms with Gasteiger partial charge in [0.1, 0.15) is 0 Å². The summed E-state index contributed by atoms with van der Waals surface area (Å²) in [5.74, 6) is -0.236. The molecule has 0 aliphatic rings. The maximum Gasteiger partial charge on any atom is 0.294 e. The summed E-state index contributed by atoms with van der Waals surface area (Å²) in [6.07, 6.45) is 1.09. The number of anilines is 1. The molecule has 0 atom stereocenters. The van der Waals surface area contributed by atoms with Crippen LogP contribution in [0.1, 0.15) is 19.3 Å². The summed E-state index contributed by atoms with van der Waals surface area (Å²) in [6.45, 7) is -0.0293. The Kier molecular flexibility index (Phi) is 8.35. The van der Waals surface area contributed by atoms with Crippen molar-refractivity contribution in [1.29, 1.82) is 0 Å². The van der Waals surface area contributed by atoms with Gasteiger partial charge >= 0.3 is 0 Å². The first-order valence-corrected chi connectivity index (χ1v) is 8.25. The van der Waals surface area contributed by atoms with E-state index in [1.54, 1.807) is 12.1 Å². The molecular formula is C11H15ClN4O4S2. The second-order valence-corrected chi connectivity index (χ2v) is 5.83. The smallest absolute Gasteiger partial charge is 0.294 e. The molecule has 1 rings (SSSR count). The van der Waals surface area contributed by atoms with Gasteiger partial charge < -0.3 is 10.2 Å². The molecule has 0 saturated carbocycles. The number of benzene rings is 1. The number of hydrogen-bond acceptors (Lipinski definition) is 8. The summed E-state index contributed by atoms with van der Waals surface area (Å²) >= 11 is 8.00. The number of carbonyl (C=O) groups excluding carboxylic acids is 1. The van der Waals surface area contributed by atoms with Gasteiger partial charge in [0.2, 0.25) is 5.91 Å². The number of nitrogens with zero attached hydrogens (tertiary/aromatic N) is 1. The van der Waals surface area contributed by atoms with E-state index in [9.17, 15) is 14.9 Å². The largest absolute Gasteiger partial charge is 0.325 e. The highest BCUT2D eigenvalue weighted by Gasteiger charge is 2.11. The van der Waals surface area contributed by atoms with Gasteiger partial charge in [0.25, 0.3) is 5.09 Å². The van der Waals surface area contributed by atoms with Crippen LogP contribution >= 0.6 is 35.5 Å².